The number of nitro groups is 1. The van der Waals surface area contributed by atoms with Gasteiger partial charge in [0.05, 0.1) is 9.82 Å². The maximum atomic E-state index is 11.7. The van der Waals surface area contributed by atoms with Gasteiger partial charge in [-0.05, 0) is 19.1 Å². The second-order valence-corrected chi connectivity index (χ2v) is 5.15. The summed E-state index contributed by atoms with van der Waals surface area (Å²) in [6.45, 7) is 1.17. The second-order valence-electron chi connectivity index (χ2n) is 3.43. The lowest BCUT2D eigenvalue weighted by Gasteiger charge is -2.09. The van der Waals surface area contributed by atoms with Gasteiger partial charge in [0.2, 0.25) is 10.0 Å². The quantitative estimate of drug-likeness (QED) is 0.589. The van der Waals surface area contributed by atoms with Gasteiger partial charge in [-0.2, -0.15) is 4.72 Å². The number of hydrogen-bond donors (Lipinski definition) is 2. The van der Waals surface area contributed by atoms with Crippen molar-refractivity contribution in [2.24, 2.45) is 0 Å². The van der Waals surface area contributed by atoms with Crippen molar-refractivity contribution in [1.29, 1.82) is 0 Å². The first-order valence-corrected chi connectivity index (χ1v) is 6.22. The maximum absolute atomic E-state index is 11.7. The predicted octanol–water partition coefficient (Wildman–Crippen LogP) is 0.346. The molecule has 0 saturated heterocycles. The lowest BCUT2D eigenvalue weighted by molar-refractivity contribution is -0.384. The van der Waals surface area contributed by atoms with Gasteiger partial charge >= 0.3 is 5.97 Å². The Bertz CT molecular complexity index is 565. The molecule has 0 aliphatic heterocycles. The zero-order valence-electron chi connectivity index (χ0n) is 9.23. The van der Waals surface area contributed by atoms with Crippen molar-refractivity contribution in [3.8, 4) is 0 Å². The van der Waals surface area contributed by atoms with Crippen LogP contribution in [0.5, 0.6) is 0 Å². The van der Waals surface area contributed by atoms with E-state index in [0.29, 0.717) is 0 Å². The molecule has 1 rings (SSSR count). The van der Waals surface area contributed by atoms with Gasteiger partial charge in [0, 0.05) is 12.1 Å². The Hall–Kier alpha value is -2.00. The van der Waals surface area contributed by atoms with Crippen molar-refractivity contribution in [3.63, 3.8) is 0 Å². The fraction of sp³-hybridized carbons (Fsp3) is 0.222. The Morgan fingerprint density at radius 2 is 1.89 bits per heavy atom. The van der Waals surface area contributed by atoms with Gasteiger partial charge < -0.3 is 5.11 Å². The van der Waals surface area contributed by atoms with Crippen molar-refractivity contribution < 1.29 is 23.2 Å². The largest absolute Gasteiger partial charge is 0.480 e. The molecule has 1 atom stereocenters. The van der Waals surface area contributed by atoms with Crippen LogP contribution in [0.4, 0.5) is 5.69 Å². The molecule has 0 bridgehead atoms. The Labute approximate surface area is 102 Å². The Kier molecular flexibility index (Phi) is 3.99. The fourth-order valence-corrected chi connectivity index (χ4v) is 2.29. The summed E-state index contributed by atoms with van der Waals surface area (Å²) in [5.41, 5.74) is -0.250. The van der Waals surface area contributed by atoms with Gasteiger partial charge in [-0.3, -0.25) is 14.9 Å². The summed E-state index contributed by atoms with van der Waals surface area (Å²) < 4.78 is 25.3. The summed E-state index contributed by atoms with van der Waals surface area (Å²) in [4.78, 5) is 20.0. The van der Waals surface area contributed by atoms with Crippen LogP contribution in [0.15, 0.2) is 29.2 Å². The Morgan fingerprint density at radius 3 is 2.28 bits per heavy atom. The smallest absolute Gasteiger partial charge is 0.321 e. The minimum atomic E-state index is -4.00. The van der Waals surface area contributed by atoms with E-state index in [4.69, 9.17) is 5.11 Å². The third-order valence-corrected chi connectivity index (χ3v) is 3.62. The lowest BCUT2D eigenvalue weighted by atomic mass is 10.3. The number of benzene rings is 1. The van der Waals surface area contributed by atoms with Gasteiger partial charge in [0.15, 0.2) is 0 Å². The Morgan fingerprint density at radius 1 is 1.39 bits per heavy atom. The van der Waals surface area contributed by atoms with Crippen LogP contribution < -0.4 is 4.72 Å². The molecular weight excluding hydrogens is 264 g/mol. The molecule has 0 spiro atoms. The van der Waals surface area contributed by atoms with Crippen LogP contribution in [0.25, 0.3) is 0 Å². The second kappa shape index (κ2) is 5.10. The van der Waals surface area contributed by atoms with Gasteiger partial charge in [-0.1, -0.05) is 0 Å². The minimum absolute atomic E-state index is 0.235. The van der Waals surface area contributed by atoms with E-state index in [1.54, 1.807) is 0 Å². The normalized spacial score (nSPS) is 12.9. The summed E-state index contributed by atoms with van der Waals surface area (Å²) in [6.07, 6.45) is 0. The van der Waals surface area contributed by atoms with E-state index in [1.165, 1.54) is 6.92 Å². The summed E-state index contributed by atoms with van der Waals surface area (Å²) >= 11 is 0. The lowest BCUT2D eigenvalue weighted by Crippen LogP contribution is -2.38. The van der Waals surface area contributed by atoms with Crippen LogP contribution in [0.3, 0.4) is 0 Å². The van der Waals surface area contributed by atoms with Crippen LogP contribution >= 0.6 is 0 Å². The van der Waals surface area contributed by atoms with Crippen LogP contribution in [0.2, 0.25) is 0 Å². The van der Waals surface area contributed by atoms with Crippen LogP contribution in [0, 0.1) is 10.1 Å². The van der Waals surface area contributed by atoms with E-state index in [2.05, 4.69) is 0 Å². The number of rotatable bonds is 5. The third kappa shape index (κ3) is 3.25. The molecule has 0 radical (unpaired) electrons. The third-order valence-electron chi connectivity index (χ3n) is 2.06. The average molecular weight is 274 g/mol. The van der Waals surface area contributed by atoms with Crippen LogP contribution in [-0.4, -0.2) is 30.5 Å². The first kappa shape index (κ1) is 14.1. The van der Waals surface area contributed by atoms with Crippen LogP contribution in [0.1, 0.15) is 6.92 Å². The van der Waals surface area contributed by atoms with E-state index in [9.17, 15) is 23.3 Å². The highest BCUT2D eigenvalue weighted by Crippen LogP contribution is 2.15. The van der Waals surface area contributed by atoms with Gasteiger partial charge in [0.25, 0.3) is 5.69 Å². The number of carboxylic acids is 1. The van der Waals surface area contributed by atoms with Crippen molar-refractivity contribution in [3.05, 3.63) is 34.4 Å². The molecule has 9 heteroatoms. The van der Waals surface area contributed by atoms with Gasteiger partial charge in [0.1, 0.15) is 6.04 Å². The molecule has 0 fully saturated rings. The highest BCUT2D eigenvalue weighted by atomic mass is 32.2. The highest BCUT2D eigenvalue weighted by molar-refractivity contribution is 7.89. The summed E-state index contributed by atoms with van der Waals surface area (Å²) in [7, 11) is -4.00. The molecular formula is C9H10N2O6S. The minimum Gasteiger partial charge on any atom is -0.480 e. The molecule has 0 aromatic heterocycles. The molecule has 1 aromatic carbocycles. The number of aliphatic carboxylic acids is 1. The predicted molar refractivity (Wildman–Crippen MR) is 60.5 cm³/mol. The zero-order valence-corrected chi connectivity index (χ0v) is 10.0. The van der Waals surface area contributed by atoms with Gasteiger partial charge in [-0.15, -0.1) is 0 Å². The summed E-state index contributed by atoms with van der Waals surface area (Å²) in [5.74, 6) is -1.32. The molecule has 0 aliphatic rings. The van der Waals surface area contributed by atoms with E-state index in [0.717, 1.165) is 24.3 Å². The summed E-state index contributed by atoms with van der Waals surface area (Å²) in [5, 5.41) is 19.0. The number of carboxylic acid groups (broad SMARTS) is 1. The van der Waals surface area contributed by atoms with Gasteiger partial charge in [-0.25, -0.2) is 8.42 Å². The molecule has 0 aliphatic carbocycles. The van der Waals surface area contributed by atoms with Crippen LogP contribution in [-0.2, 0) is 14.8 Å². The SMILES string of the molecule is C[C@H](NS(=O)(=O)c1ccc([N+](=O)[O-])cc1)C(=O)O. The first-order valence-electron chi connectivity index (χ1n) is 4.73. The number of hydrogen-bond acceptors (Lipinski definition) is 5. The number of carbonyl (C=O) groups is 1. The molecule has 0 saturated carbocycles. The monoisotopic (exact) mass is 274 g/mol. The number of nitrogens with one attached hydrogen (secondary N) is 1. The molecule has 8 nitrogen and oxygen atoms in total. The number of non-ortho nitro benzene ring substituents is 1. The molecule has 1 aromatic rings. The maximum Gasteiger partial charge on any atom is 0.321 e. The molecule has 0 heterocycles. The number of nitro benzene ring substituents is 1. The molecule has 0 amide bonds. The molecule has 98 valence electrons. The number of sulfonamides is 1. The van der Waals surface area contributed by atoms with Crippen molar-refractivity contribution >= 4 is 21.7 Å². The number of nitrogens with zero attached hydrogens (tertiary/aromatic N) is 1. The molecule has 2 N–H and O–H groups in total. The van der Waals surface area contributed by atoms with Crippen molar-refractivity contribution in [1.82, 2.24) is 4.72 Å². The Balaban J connectivity index is 2.99. The van der Waals surface area contributed by atoms with E-state index >= 15 is 0 Å². The summed E-state index contributed by atoms with van der Waals surface area (Å²) in [6, 6.07) is 2.84. The van der Waals surface area contributed by atoms with Crippen molar-refractivity contribution in [2.75, 3.05) is 0 Å². The van der Waals surface area contributed by atoms with E-state index < -0.39 is 27.0 Å². The standard InChI is InChI=1S/C9H10N2O6S/c1-6(9(12)13)10-18(16,17)8-4-2-7(3-5-8)11(14)15/h2-6,10H,1H3,(H,12,13)/t6-/m0/s1. The highest BCUT2D eigenvalue weighted by Gasteiger charge is 2.21. The zero-order chi connectivity index (χ0) is 13.9. The topological polar surface area (TPSA) is 127 Å². The average Bonchev–Trinajstić information content (AvgIpc) is 2.28. The van der Waals surface area contributed by atoms with E-state index in [1.807, 2.05) is 4.72 Å². The molecule has 0 unspecified atom stereocenters. The first-order chi connectivity index (χ1) is 8.24. The van der Waals surface area contributed by atoms with Crippen molar-refractivity contribution in [2.45, 2.75) is 17.9 Å². The fourth-order valence-electron chi connectivity index (χ4n) is 1.10. The molecule has 18 heavy (non-hydrogen) atoms. The van der Waals surface area contributed by atoms with E-state index in [-0.39, 0.29) is 10.6 Å².